The summed E-state index contributed by atoms with van der Waals surface area (Å²) in [6, 6.07) is 0. The first-order valence-electron chi connectivity index (χ1n) is 7.02. The molecule has 0 aromatic carbocycles. The van der Waals surface area contributed by atoms with Crippen LogP contribution in [-0.4, -0.2) is 19.5 Å². The number of hydrogen-bond acceptors (Lipinski definition) is 3. The minimum atomic E-state index is 0.889. The summed E-state index contributed by atoms with van der Waals surface area (Å²) in [4.78, 5) is 12.5. The molecule has 0 saturated heterocycles. The minimum absolute atomic E-state index is 0.889. The van der Waals surface area contributed by atoms with Gasteiger partial charge in [0.15, 0.2) is 5.65 Å². The fourth-order valence-electron chi connectivity index (χ4n) is 2.22. The molecule has 2 heterocycles. The molecule has 2 aromatic rings. The molecule has 0 amide bonds. The lowest BCUT2D eigenvalue weighted by Crippen LogP contribution is -1.97. The van der Waals surface area contributed by atoms with Crippen LogP contribution in [0.4, 0.5) is 0 Å². The lowest BCUT2D eigenvalue weighted by atomic mass is 10.1. The normalized spacial score (nSPS) is 11.2. The van der Waals surface area contributed by atoms with Gasteiger partial charge in [-0.25, -0.2) is 15.0 Å². The van der Waals surface area contributed by atoms with E-state index in [9.17, 15) is 0 Å². The van der Waals surface area contributed by atoms with E-state index >= 15 is 0 Å². The van der Waals surface area contributed by atoms with Crippen molar-refractivity contribution in [1.82, 2.24) is 19.5 Å². The highest BCUT2D eigenvalue weighted by Crippen LogP contribution is 2.11. The second-order valence-corrected chi connectivity index (χ2v) is 4.79. The zero-order valence-corrected chi connectivity index (χ0v) is 11.2. The van der Waals surface area contributed by atoms with E-state index in [4.69, 9.17) is 0 Å². The topological polar surface area (TPSA) is 43.6 Å². The van der Waals surface area contributed by atoms with Crippen LogP contribution in [0.15, 0.2) is 18.9 Å². The third-order valence-corrected chi connectivity index (χ3v) is 3.28. The van der Waals surface area contributed by atoms with Crippen LogP contribution in [0.5, 0.6) is 0 Å². The minimum Gasteiger partial charge on any atom is -0.315 e. The Morgan fingerprint density at radius 2 is 1.78 bits per heavy atom. The van der Waals surface area contributed by atoms with E-state index < -0.39 is 0 Å². The molecule has 4 nitrogen and oxygen atoms in total. The van der Waals surface area contributed by atoms with Crippen LogP contribution in [0, 0.1) is 0 Å². The van der Waals surface area contributed by atoms with Crippen molar-refractivity contribution in [1.29, 1.82) is 0 Å². The quantitative estimate of drug-likeness (QED) is 0.669. The Hall–Kier alpha value is -1.45. The molecule has 2 rings (SSSR count). The molecule has 0 fully saturated rings. The Kier molecular flexibility index (Phi) is 5.12. The third kappa shape index (κ3) is 3.52. The zero-order valence-electron chi connectivity index (χ0n) is 11.2. The van der Waals surface area contributed by atoms with Crippen molar-refractivity contribution in [2.75, 3.05) is 0 Å². The number of aromatic nitrogens is 4. The molecule has 2 aromatic heterocycles. The van der Waals surface area contributed by atoms with Crippen LogP contribution in [0.1, 0.15) is 51.9 Å². The largest absolute Gasteiger partial charge is 0.315 e. The molecule has 0 spiro atoms. The summed E-state index contributed by atoms with van der Waals surface area (Å²) in [5, 5.41) is 0. The second kappa shape index (κ2) is 7.09. The standard InChI is InChI=1S/C14H22N4/c1-2-3-4-5-6-7-8-9-18-12-17-13-10-15-11-16-14(13)18/h10-12H,2-9H2,1H3. The predicted octanol–water partition coefficient (Wildman–Crippen LogP) is 3.58. The molecular weight excluding hydrogens is 224 g/mol. The lowest BCUT2D eigenvalue weighted by molar-refractivity contribution is 0.554. The Bertz CT molecular complexity index is 464. The van der Waals surface area contributed by atoms with E-state index in [1.54, 1.807) is 12.5 Å². The molecule has 0 aliphatic rings. The van der Waals surface area contributed by atoms with Gasteiger partial charge in [-0.15, -0.1) is 0 Å². The van der Waals surface area contributed by atoms with Gasteiger partial charge in [0.25, 0.3) is 0 Å². The second-order valence-electron chi connectivity index (χ2n) is 4.79. The number of nitrogens with zero attached hydrogens (tertiary/aromatic N) is 4. The molecule has 0 bridgehead atoms. The summed E-state index contributed by atoms with van der Waals surface area (Å²) >= 11 is 0. The van der Waals surface area contributed by atoms with Crippen molar-refractivity contribution >= 4 is 11.2 Å². The summed E-state index contributed by atoms with van der Waals surface area (Å²) in [6.45, 7) is 3.27. The van der Waals surface area contributed by atoms with Crippen molar-refractivity contribution in [3.63, 3.8) is 0 Å². The number of hydrogen-bond donors (Lipinski definition) is 0. The van der Waals surface area contributed by atoms with E-state index in [1.807, 2.05) is 6.33 Å². The molecule has 98 valence electrons. The maximum absolute atomic E-state index is 4.30. The van der Waals surface area contributed by atoms with Crippen molar-refractivity contribution in [3.8, 4) is 0 Å². The maximum Gasteiger partial charge on any atom is 0.163 e. The van der Waals surface area contributed by atoms with Crippen LogP contribution in [0.3, 0.4) is 0 Å². The Labute approximate surface area is 108 Å². The molecule has 0 N–H and O–H groups in total. The molecule has 4 heteroatoms. The first-order valence-corrected chi connectivity index (χ1v) is 7.02. The molecule has 0 aliphatic heterocycles. The zero-order chi connectivity index (χ0) is 12.6. The van der Waals surface area contributed by atoms with Gasteiger partial charge in [0, 0.05) is 6.54 Å². The van der Waals surface area contributed by atoms with Gasteiger partial charge in [-0.3, -0.25) is 0 Å². The molecule has 0 unspecified atom stereocenters. The van der Waals surface area contributed by atoms with Crippen molar-refractivity contribution in [2.24, 2.45) is 0 Å². The van der Waals surface area contributed by atoms with Gasteiger partial charge in [0.2, 0.25) is 0 Å². The van der Waals surface area contributed by atoms with Gasteiger partial charge < -0.3 is 4.57 Å². The first-order chi connectivity index (χ1) is 8.92. The molecule has 0 aliphatic carbocycles. The summed E-state index contributed by atoms with van der Waals surface area (Å²) in [5.41, 5.74) is 1.84. The van der Waals surface area contributed by atoms with Gasteiger partial charge in [-0.2, -0.15) is 0 Å². The predicted molar refractivity (Wildman–Crippen MR) is 73.3 cm³/mol. The summed E-state index contributed by atoms with van der Waals surface area (Å²) in [6.07, 6.45) is 14.5. The fourth-order valence-corrected chi connectivity index (χ4v) is 2.22. The SMILES string of the molecule is CCCCCCCCCn1cnc2cncnc21. The maximum atomic E-state index is 4.30. The molecular formula is C14H22N4. The van der Waals surface area contributed by atoms with E-state index in [0.29, 0.717) is 0 Å². The van der Waals surface area contributed by atoms with Crippen LogP contribution in [0.25, 0.3) is 11.2 Å². The fraction of sp³-hybridized carbons (Fsp3) is 0.643. The lowest BCUT2D eigenvalue weighted by Gasteiger charge is -2.03. The average Bonchev–Trinajstić information content (AvgIpc) is 2.81. The van der Waals surface area contributed by atoms with Crippen LogP contribution in [-0.2, 0) is 6.54 Å². The Morgan fingerprint density at radius 3 is 2.61 bits per heavy atom. The summed E-state index contributed by atoms with van der Waals surface area (Å²) in [5.74, 6) is 0. The third-order valence-electron chi connectivity index (χ3n) is 3.28. The average molecular weight is 246 g/mol. The molecule has 0 radical (unpaired) electrons. The number of fused-ring (bicyclic) bond motifs is 1. The van der Waals surface area contributed by atoms with Gasteiger partial charge in [0.1, 0.15) is 11.8 Å². The van der Waals surface area contributed by atoms with Crippen LogP contribution >= 0.6 is 0 Å². The highest BCUT2D eigenvalue weighted by atomic mass is 15.1. The van der Waals surface area contributed by atoms with Gasteiger partial charge in [-0.1, -0.05) is 45.4 Å². The van der Waals surface area contributed by atoms with Crippen molar-refractivity contribution < 1.29 is 0 Å². The van der Waals surface area contributed by atoms with Crippen LogP contribution < -0.4 is 0 Å². The van der Waals surface area contributed by atoms with E-state index in [0.717, 1.165) is 17.7 Å². The van der Waals surface area contributed by atoms with Crippen molar-refractivity contribution in [3.05, 3.63) is 18.9 Å². The number of rotatable bonds is 8. The monoisotopic (exact) mass is 246 g/mol. The first kappa shape index (κ1) is 13.0. The van der Waals surface area contributed by atoms with Crippen LogP contribution in [0.2, 0.25) is 0 Å². The Morgan fingerprint density at radius 1 is 1.00 bits per heavy atom. The summed E-state index contributed by atoms with van der Waals surface area (Å²) in [7, 11) is 0. The van der Waals surface area contributed by atoms with E-state index in [-0.39, 0.29) is 0 Å². The molecule has 18 heavy (non-hydrogen) atoms. The van der Waals surface area contributed by atoms with E-state index in [1.165, 1.54) is 44.9 Å². The van der Waals surface area contributed by atoms with Gasteiger partial charge in [-0.05, 0) is 6.42 Å². The highest BCUT2D eigenvalue weighted by Gasteiger charge is 2.02. The van der Waals surface area contributed by atoms with Gasteiger partial charge >= 0.3 is 0 Å². The van der Waals surface area contributed by atoms with Crippen molar-refractivity contribution in [2.45, 2.75) is 58.4 Å². The van der Waals surface area contributed by atoms with Gasteiger partial charge in [0.05, 0.1) is 12.5 Å². The molecule has 0 saturated carbocycles. The highest BCUT2D eigenvalue weighted by molar-refractivity contribution is 5.68. The Balaban J connectivity index is 1.70. The van der Waals surface area contributed by atoms with E-state index in [2.05, 4.69) is 26.4 Å². The molecule has 0 atom stereocenters. The number of imidazole rings is 1. The smallest absolute Gasteiger partial charge is 0.163 e. The number of aryl methyl sites for hydroxylation is 1. The number of unbranched alkanes of at least 4 members (excludes halogenated alkanes) is 6. The summed E-state index contributed by atoms with van der Waals surface area (Å²) < 4.78 is 2.13.